The fourth-order valence-electron chi connectivity index (χ4n) is 4.18. The molecule has 2 amide bonds. The van der Waals surface area contributed by atoms with Gasteiger partial charge in [-0.15, -0.1) is 0 Å². The number of ether oxygens (including phenoxy) is 2. The van der Waals surface area contributed by atoms with Gasteiger partial charge < -0.3 is 19.7 Å². The second-order valence-corrected chi connectivity index (χ2v) is 7.49. The van der Waals surface area contributed by atoms with Crippen molar-refractivity contribution in [2.45, 2.75) is 44.3 Å². The summed E-state index contributed by atoms with van der Waals surface area (Å²) in [6, 6.07) is 4.14. The number of hydrogen-bond acceptors (Lipinski definition) is 4. The standard InChI is InChI=1S/C19H21F3N2O4/c20-19(21,22)13-3-1-2-4-14(13)23-18(26)11-7-17(25)24(9-11)12-5-6-15-16(8-12)28-10-27-15/h5-6,8,11,13-14H,1-4,7,9-10H2,(H,23,26)/t11-,13-,14+/m0/s1. The summed E-state index contributed by atoms with van der Waals surface area (Å²) in [7, 11) is 0. The maximum Gasteiger partial charge on any atom is 0.393 e. The number of halogens is 3. The Morgan fingerprint density at radius 1 is 1.14 bits per heavy atom. The quantitative estimate of drug-likeness (QED) is 0.850. The Morgan fingerprint density at radius 3 is 2.68 bits per heavy atom. The van der Waals surface area contributed by atoms with Crippen molar-refractivity contribution in [1.82, 2.24) is 5.32 Å². The highest BCUT2D eigenvalue weighted by Gasteiger charge is 2.47. The molecular weight excluding hydrogens is 377 g/mol. The van der Waals surface area contributed by atoms with Crippen LogP contribution in [0.25, 0.3) is 0 Å². The first-order valence-electron chi connectivity index (χ1n) is 9.40. The van der Waals surface area contributed by atoms with Gasteiger partial charge in [-0.25, -0.2) is 0 Å². The Bertz CT molecular complexity index is 783. The molecule has 0 spiro atoms. The lowest BCUT2D eigenvalue weighted by Crippen LogP contribution is -2.49. The first-order chi connectivity index (χ1) is 13.3. The monoisotopic (exact) mass is 398 g/mol. The van der Waals surface area contributed by atoms with E-state index in [2.05, 4.69) is 5.32 Å². The van der Waals surface area contributed by atoms with Crippen molar-refractivity contribution in [3.05, 3.63) is 18.2 Å². The molecule has 1 saturated heterocycles. The molecule has 1 N–H and O–H groups in total. The Kier molecular flexibility index (Phi) is 4.84. The maximum absolute atomic E-state index is 13.2. The lowest BCUT2D eigenvalue weighted by atomic mass is 9.83. The van der Waals surface area contributed by atoms with Gasteiger partial charge in [0.25, 0.3) is 0 Å². The van der Waals surface area contributed by atoms with E-state index in [0.29, 0.717) is 36.4 Å². The van der Waals surface area contributed by atoms with Crippen LogP contribution in [-0.4, -0.2) is 37.4 Å². The smallest absolute Gasteiger partial charge is 0.393 e. The Labute approximate surface area is 160 Å². The third-order valence-electron chi connectivity index (χ3n) is 5.68. The first kappa shape index (κ1) is 18.9. The summed E-state index contributed by atoms with van der Waals surface area (Å²) in [5, 5.41) is 2.57. The second kappa shape index (κ2) is 7.18. The molecule has 28 heavy (non-hydrogen) atoms. The lowest BCUT2D eigenvalue weighted by molar-refractivity contribution is -0.189. The number of rotatable bonds is 3. The van der Waals surface area contributed by atoms with E-state index in [9.17, 15) is 22.8 Å². The van der Waals surface area contributed by atoms with E-state index in [0.717, 1.165) is 0 Å². The molecule has 6 nitrogen and oxygen atoms in total. The topological polar surface area (TPSA) is 67.9 Å². The molecule has 9 heteroatoms. The molecule has 4 rings (SSSR count). The highest BCUT2D eigenvalue weighted by atomic mass is 19.4. The largest absolute Gasteiger partial charge is 0.454 e. The number of benzene rings is 1. The number of nitrogens with one attached hydrogen (secondary N) is 1. The Hall–Kier alpha value is -2.45. The fraction of sp³-hybridized carbons (Fsp3) is 0.579. The van der Waals surface area contributed by atoms with Gasteiger partial charge in [0.05, 0.1) is 11.8 Å². The molecule has 2 fully saturated rings. The van der Waals surface area contributed by atoms with Crippen LogP contribution in [0, 0.1) is 11.8 Å². The number of hydrogen-bond donors (Lipinski definition) is 1. The predicted octanol–water partition coefficient (Wildman–Crippen LogP) is 3.01. The molecule has 1 aromatic carbocycles. The SMILES string of the molecule is O=C(N[C@@H]1CCCC[C@@H]1C(F)(F)F)[C@H]1CC(=O)N(c2ccc3c(c2)OCO3)C1. The number of carbonyl (C=O) groups is 2. The molecule has 1 aromatic rings. The Morgan fingerprint density at radius 2 is 1.89 bits per heavy atom. The molecule has 0 radical (unpaired) electrons. The number of fused-ring (bicyclic) bond motifs is 1. The lowest BCUT2D eigenvalue weighted by Gasteiger charge is -2.34. The summed E-state index contributed by atoms with van der Waals surface area (Å²) in [5.41, 5.74) is 0.579. The number of carbonyl (C=O) groups excluding carboxylic acids is 2. The van der Waals surface area contributed by atoms with E-state index >= 15 is 0 Å². The van der Waals surface area contributed by atoms with Gasteiger partial charge in [-0.1, -0.05) is 12.8 Å². The van der Waals surface area contributed by atoms with Gasteiger partial charge in [-0.2, -0.15) is 13.2 Å². The Balaban J connectivity index is 1.42. The third-order valence-corrected chi connectivity index (χ3v) is 5.68. The van der Waals surface area contributed by atoms with Crippen molar-refractivity contribution in [2.75, 3.05) is 18.2 Å². The van der Waals surface area contributed by atoms with E-state index in [-0.39, 0.29) is 32.1 Å². The zero-order chi connectivity index (χ0) is 19.9. The molecule has 2 aliphatic heterocycles. The summed E-state index contributed by atoms with van der Waals surface area (Å²) in [6.45, 7) is 0.243. The summed E-state index contributed by atoms with van der Waals surface area (Å²) in [4.78, 5) is 26.5. The average Bonchev–Trinajstić information content (AvgIpc) is 3.27. The molecule has 2 heterocycles. The van der Waals surface area contributed by atoms with Crippen LogP contribution in [0.5, 0.6) is 11.5 Å². The van der Waals surface area contributed by atoms with Crippen LogP contribution >= 0.6 is 0 Å². The van der Waals surface area contributed by atoms with E-state index in [4.69, 9.17) is 9.47 Å². The maximum atomic E-state index is 13.2. The highest BCUT2D eigenvalue weighted by Crippen LogP contribution is 2.39. The zero-order valence-electron chi connectivity index (χ0n) is 15.1. The van der Waals surface area contributed by atoms with Crippen molar-refractivity contribution >= 4 is 17.5 Å². The molecule has 1 saturated carbocycles. The minimum absolute atomic E-state index is 0.0241. The molecule has 3 atom stereocenters. The van der Waals surface area contributed by atoms with Gasteiger partial charge >= 0.3 is 6.18 Å². The number of anilines is 1. The van der Waals surface area contributed by atoms with E-state index in [1.54, 1.807) is 18.2 Å². The van der Waals surface area contributed by atoms with E-state index in [1.807, 2.05) is 0 Å². The summed E-state index contributed by atoms with van der Waals surface area (Å²) < 4.78 is 50.3. The van der Waals surface area contributed by atoms with Crippen LogP contribution in [0.1, 0.15) is 32.1 Å². The van der Waals surface area contributed by atoms with Crippen molar-refractivity contribution in [3.8, 4) is 11.5 Å². The highest BCUT2D eigenvalue weighted by molar-refractivity contribution is 6.00. The van der Waals surface area contributed by atoms with Crippen molar-refractivity contribution in [1.29, 1.82) is 0 Å². The minimum Gasteiger partial charge on any atom is -0.454 e. The molecule has 0 unspecified atom stereocenters. The molecular formula is C19H21F3N2O4. The van der Waals surface area contributed by atoms with Crippen LogP contribution in [0.15, 0.2) is 18.2 Å². The zero-order valence-corrected chi connectivity index (χ0v) is 15.1. The molecule has 3 aliphatic rings. The van der Waals surface area contributed by atoms with Gasteiger partial charge in [-0.3, -0.25) is 9.59 Å². The minimum atomic E-state index is -4.33. The summed E-state index contributed by atoms with van der Waals surface area (Å²) in [5.74, 6) is -1.82. The van der Waals surface area contributed by atoms with Crippen molar-refractivity contribution in [3.63, 3.8) is 0 Å². The number of nitrogens with zero attached hydrogens (tertiary/aromatic N) is 1. The third kappa shape index (κ3) is 3.62. The molecule has 152 valence electrons. The summed E-state index contributed by atoms with van der Waals surface area (Å²) in [6.07, 6.45) is -2.85. The van der Waals surface area contributed by atoms with Crippen LogP contribution in [-0.2, 0) is 9.59 Å². The van der Waals surface area contributed by atoms with Gasteiger partial charge in [-0.05, 0) is 25.0 Å². The first-order valence-corrected chi connectivity index (χ1v) is 9.40. The fourth-order valence-corrected chi connectivity index (χ4v) is 4.18. The second-order valence-electron chi connectivity index (χ2n) is 7.49. The molecule has 0 aromatic heterocycles. The van der Waals surface area contributed by atoms with Gasteiger partial charge in [0.1, 0.15) is 0 Å². The molecule has 0 bridgehead atoms. The van der Waals surface area contributed by atoms with Crippen LogP contribution in [0.3, 0.4) is 0 Å². The van der Waals surface area contributed by atoms with Crippen LogP contribution in [0.2, 0.25) is 0 Å². The number of amides is 2. The molecule has 1 aliphatic carbocycles. The van der Waals surface area contributed by atoms with Crippen molar-refractivity contribution in [2.24, 2.45) is 11.8 Å². The number of alkyl halides is 3. The predicted molar refractivity (Wildman–Crippen MR) is 93.0 cm³/mol. The normalized spacial score (nSPS) is 27.2. The summed E-state index contributed by atoms with van der Waals surface area (Å²) >= 11 is 0. The van der Waals surface area contributed by atoms with Crippen LogP contribution in [0.4, 0.5) is 18.9 Å². The van der Waals surface area contributed by atoms with E-state index in [1.165, 1.54) is 4.90 Å². The average molecular weight is 398 g/mol. The van der Waals surface area contributed by atoms with Crippen molar-refractivity contribution < 1.29 is 32.2 Å². The van der Waals surface area contributed by atoms with E-state index < -0.39 is 30.0 Å². The van der Waals surface area contributed by atoms with Crippen LogP contribution < -0.4 is 19.7 Å². The van der Waals surface area contributed by atoms with Gasteiger partial charge in [0.15, 0.2) is 11.5 Å². The van der Waals surface area contributed by atoms with Gasteiger partial charge in [0.2, 0.25) is 18.6 Å². The van der Waals surface area contributed by atoms with Gasteiger partial charge in [0, 0.05) is 30.8 Å².